The summed E-state index contributed by atoms with van der Waals surface area (Å²) in [6, 6.07) is 5.23. The molecular formula is C18H18F4N6O2S. The van der Waals surface area contributed by atoms with Gasteiger partial charge in [-0.15, -0.1) is 39.8 Å². The van der Waals surface area contributed by atoms with Gasteiger partial charge in [-0.05, 0) is 31.0 Å². The maximum atomic E-state index is 14.2. The van der Waals surface area contributed by atoms with Gasteiger partial charge < -0.3 is 10.1 Å². The number of halogens is 4. The minimum Gasteiger partial charge on any atom is -0.406 e. The molecule has 2 heterocycles. The summed E-state index contributed by atoms with van der Waals surface area (Å²) in [6.45, 7) is 1.70. The number of amides is 1. The summed E-state index contributed by atoms with van der Waals surface area (Å²) in [7, 11) is 0. The molecule has 13 heteroatoms. The molecular weight excluding hydrogens is 440 g/mol. The number of nitrogens with zero attached hydrogens (tertiary/aromatic N) is 5. The lowest BCUT2D eigenvalue weighted by atomic mass is 10.2. The first-order chi connectivity index (χ1) is 14.7. The van der Waals surface area contributed by atoms with Gasteiger partial charge in [-0.1, -0.05) is 17.3 Å². The van der Waals surface area contributed by atoms with Gasteiger partial charge in [0.2, 0.25) is 0 Å². The van der Waals surface area contributed by atoms with Crippen molar-refractivity contribution in [3.63, 3.8) is 0 Å². The van der Waals surface area contributed by atoms with Crippen LogP contribution in [0.4, 0.5) is 17.6 Å². The number of rotatable bonds is 9. The van der Waals surface area contributed by atoms with Crippen LogP contribution >= 0.6 is 11.3 Å². The number of carbonyl (C=O) groups is 1. The van der Waals surface area contributed by atoms with Crippen molar-refractivity contribution < 1.29 is 27.1 Å². The van der Waals surface area contributed by atoms with Gasteiger partial charge in [0.15, 0.2) is 5.69 Å². The maximum absolute atomic E-state index is 14.2. The average Bonchev–Trinajstić information content (AvgIpc) is 3.32. The molecule has 3 rings (SSSR count). The Labute approximate surface area is 178 Å². The molecule has 1 amide bonds. The summed E-state index contributed by atoms with van der Waals surface area (Å²) in [6.07, 6.45) is -4.03. The van der Waals surface area contributed by atoms with Crippen LogP contribution < -0.4 is 10.1 Å². The molecule has 31 heavy (non-hydrogen) atoms. The van der Waals surface area contributed by atoms with Gasteiger partial charge in [0.05, 0.1) is 12.7 Å². The SMILES string of the molecule is Cc1nnc(CCC(F)Cn2cc(C(=O)NCc3cccc(OC(F)(F)F)c3)nn2)s1. The van der Waals surface area contributed by atoms with Crippen molar-refractivity contribution in [2.75, 3.05) is 0 Å². The van der Waals surface area contributed by atoms with Crippen LogP contribution in [0, 0.1) is 6.92 Å². The second kappa shape index (κ2) is 9.81. The van der Waals surface area contributed by atoms with Gasteiger partial charge in [-0.25, -0.2) is 9.07 Å². The zero-order valence-corrected chi connectivity index (χ0v) is 17.1. The minimum atomic E-state index is -4.80. The number of aromatic nitrogens is 5. The summed E-state index contributed by atoms with van der Waals surface area (Å²) in [5.74, 6) is -0.976. The van der Waals surface area contributed by atoms with Gasteiger partial charge >= 0.3 is 6.36 Å². The summed E-state index contributed by atoms with van der Waals surface area (Å²) < 4.78 is 56.1. The molecule has 166 valence electrons. The first-order valence-corrected chi connectivity index (χ1v) is 9.95. The summed E-state index contributed by atoms with van der Waals surface area (Å²) in [5, 5.41) is 19.4. The topological polar surface area (TPSA) is 94.8 Å². The molecule has 0 bridgehead atoms. The molecule has 3 aromatic rings. The molecule has 0 saturated carbocycles. The number of alkyl halides is 4. The standard InChI is InChI=1S/C18H18F4N6O2S/c1-11-24-26-16(31-11)6-5-13(19)9-28-10-15(25-27-28)17(29)23-8-12-3-2-4-14(7-12)30-18(20,21)22/h2-4,7,10,13H,5-6,8-9H2,1H3,(H,23,29). The van der Waals surface area contributed by atoms with Crippen molar-refractivity contribution in [2.45, 2.75) is 45.4 Å². The lowest BCUT2D eigenvalue weighted by molar-refractivity contribution is -0.274. The van der Waals surface area contributed by atoms with Gasteiger partial charge in [0, 0.05) is 13.0 Å². The van der Waals surface area contributed by atoms with E-state index in [1.165, 1.54) is 34.3 Å². The van der Waals surface area contributed by atoms with E-state index in [-0.39, 0.29) is 31.0 Å². The molecule has 1 unspecified atom stereocenters. The van der Waals surface area contributed by atoms with E-state index in [2.05, 4.69) is 30.6 Å². The van der Waals surface area contributed by atoms with E-state index in [1.807, 2.05) is 6.92 Å². The fraction of sp³-hybridized carbons (Fsp3) is 0.389. The number of nitrogens with one attached hydrogen (secondary N) is 1. The molecule has 8 nitrogen and oxygen atoms in total. The Bertz CT molecular complexity index is 1020. The van der Waals surface area contributed by atoms with E-state index >= 15 is 0 Å². The van der Waals surface area contributed by atoms with Crippen LogP contribution in [-0.4, -0.2) is 43.6 Å². The Morgan fingerprint density at radius 3 is 2.81 bits per heavy atom. The molecule has 0 aliphatic rings. The predicted molar refractivity (Wildman–Crippen MR) is 102 cm³/mol. The molecule has 1 aromatic carbocycles. The van der Waals surface area contributed by atoms with Gasteiger partial charge in [-0.3, -0.25) is 4.79 Å². The molecule has 1 atom stereocenters. The monoisotopic (exact) mass is 458 g/mol. The Morgan fingerprint density at radius 1 is 1.29 bits per heavy atom. The Hall–Kier alpha value is -3.09. The highest BCUT2D eigenvalue weighted by Crippen LogP contribution is 2.23. The van der Waals surface area contributed by atoms with Crippen LogP contribution in [0.1, 0.15) is 32.5 Å². The normalized spacial score (nSPS) is 12.5. The van der Waals surface area contributed by atoms with Crippen molar-refractivity contribution in [3.8, 4) is 5.75 Å². The fourth-order valence-electron chi connectivity index (χ4n) is 2.63. The van der Waals surface area contributed by atoms with Crippen LogP contribution in [0.15, 0.2) is 30.5 Å². The number of ether oxygens (including phenoxy) is 1. The number of aryl methyl sites for hydroxylation is 2. The van der Waals surface area contributed by atoms with Gasteiger partial charge in [-0.2, -0.15) is 0 Å². The number of hydrogen-bond donors (Lipinski definition) is 1. The van der Waals surface area contributed by atoms with Crippen LogP contribution in [0.2, 0.25) is 0 Å². The molecule has 2 aromatic heterocycles. The molecule has 1 N–H and O–H groups in total. The van der Waals surface area contributed by atoms with Crippen molar-refractivity contribution in [1.82, 2.24) is 30.5 Å². The number of carbonyl (C=O) groups excluding carboxylic acids is 1. The summed E-state index contributed by atoms with van der Waals surface area (Å²) >= 11 is 1.41. The third-order valence-corrected chi connectivity index (χ3v) is 4.88. The molecule has 0 fully saturated rings. The predicted octanol–water partition coefficient (Wildman–Crippen LogP) is 3.24. The van der Waals surface area contributed by atoms with E-state index < -0.39 is 18.4 Å². The maximum Gasteiger partial charge on any atom is 0.573 e. The van der Waals surface area contributed by atoms with Gasteiger partial charge in [0.25, 0.3) is 5.91 Å². The Balaban J connectivity index is 1.48. The van der Waals surface area contributed by atoms with E-state index in [9.17, 15) is 22.4 Å². The second-order valence-corrected chi connectivity index (χ2v) is 7.82. The lowest BCUT2D eigenvalue weighted by Crippen LogP contribution is -2.23. The third kappa shape index (κ3) is 7.27. The zero-order chi connectivity index (χ0) is 22.4. The second-order valence-electron chi connectivity index (χ2n) is 6.55. The number of benzene rings is 1. The smallest absolute Gasteiger partial charge is 0.406 e. The van der Waals surface area contributed by atoms with E-state index in [0.717, 1.165) is 22.1 Å². The first-order valence-electron chi connectivity index (χ1n) is 9.14. The average molecular weight is 458 g/mol. The third-order valence-electron chi connectivity index (χ3n) is 3.98. The minimum absolute atomic E-state index is 0.0327. The molecule has 0 radical (unpaired) electrons. The van der Waals surface area contributed by atoms with Crippen molar-refractivity contribution in [1.29, 1.82) is 0 Å². The fourth-order valence-corrected chi connectivity index (χ4v) is 3.35. The first kappa shape index (κ1) is 22.6. The molecule has 0 spiro atoms. The van der Waals surface area contributed by atoms with Crippen LogP contribution in [0.25, 0.3) is 0 Å². The quantitative estimate of drug-likeness (QED) is 0.495. The number of hydrogen-bond acceptors (Lipinski definition) is 7. The van der Waals surface area contributed by atoms with E-state index in [0.29, 0.717) is 12.0 Å². The van der Waals surface area contributed by atoms with Crippen molar-refractivity contribution in [3.05, 3.63) is 51.7 Å². The highest BCUT2D eigenvalue weighted by atomic mass is 32.1. The van der Waals surface area contributed by atoms with E-state index in [1.54, 1.807) is 0 Å². The van der Waals surface area contributed by atoms with Gasteiger partial charge in [0.1, 0.15) is 21.9 Å². The van der Waals surface area contributed by atoms with Crippen molar-refractivity contribution >= 4 is 17.2 Å². The molecule has 0 aliphatic carbocycles. The van der Waals surface area contributed by atoms with E-state index in [4.69, 9.17) is 0 Å². The molecule has 0 aliphatic heterocycles. The Kier molecular flexibility index (Phi) is 7.15. The molecule has 0 saturated heterocycles. The lowest BCUT2D eigenvalue weighted by Gasteiger charge is -2.10. The van der Waals surface area contributed by atoms with Crippen LogP contribution in [-0.2, 0) is 19.5 Å². The highest BCUT2D eigenvalue weighted by molar-refractivity contribution is 7.11. The van der Waals surface area contributed by atoms with Crippen molar-refractivity contribution in [2.24, 2.45) is 0 Å². The Morgan fingerprint density at radius 2 is 2.10 bits per heavy atom. The summed E-state index contributed by atoms with van der Waals surface area (Å²) in [5.41, 5.74) is 0.368. The van der Waals surface area contributed by atoms with Crippen LogP contribution in [0.5, 0.6) is 5.75 Å². The zero-order valence-electron chi connectivity index (χ0n) is 16.3. The van der Waals surface area contributed by atoms with Crippen LogP contribution in [0.3, 0.4) is 0 Å². The highest BCUT2D eigenvalue weighted by Gasteiger charge is 2.31. The largest absolute Gasteiger partial charge is 0.573 e. The summed E-state index contributed by atoms with van der Waals surface area (Å²) in [4.78, 5) is 12.2.